The summed E-state index contributed by atoms with van der Waals surface area (Å²) in [5.41, 5.74) is 0.946. The molecule has 0 saturated carbocycles. The zero-order valence-corrected chi connectivity index (χ0v) is 13.3. The monoisotopic (exact) mass is 344 g/mol. The Kier molecular flexibility index (Phi) is 3.67. The SMILES string of the molecule is CC1CC(=O)Oc2cc(OCc3cc4cc(F)cc(F)c4o3)ccc21. The van der Waals surface area contributed by atoms with E-state index in [1.165, 1.54) is 12.1 Å². The lowest BCUT2D eigenvalue weighted by Crippen LogP contribution is -2.18. The number of halogens is 2. The summed E-state index contributed by atoms with van der Waals surface area (Å²) in [6, 6.07) is 8.78. The molecule has 1 aromatic heterocycles. The van der Waals surface area contributed by atoms with Gasteiger partial charge in [0.2, 0.25) is 0 Å². The van der Waals surface area contributed by atoms with Gasteiger partial charge in [-0.3, -0.25) is 4.79 Å². The first kappa shape index (κ1) is 15.6. The summed E-state index contributed by atoms with van der Waals surface area (Å²) in [4.78, 5) is 11.5. The molecule has 6 heteroatoms. The lowest BCUT2D eigenvalue weighted by molar-refractivity contribution is -0.135. The predicted octanol–water partition coefficient (Wildman–Crippen LogP) is 4.70. The van der Waals surface area contributed by atoms with Crippen LogP contribution in [0.1, 0.15) is 30.6 Å². The number of rotatable bonds is 3. The molecule has 0 saturated heterocycles. The number of fused-ring (bicyclic) bond motifs is 2. The van der Waals surface area contributed by atoms with Gasteiger partial charge in [0.1, 0.15) is 29.7 Å². The van der Waals surface area contributed by atoms with Gasteiger partial charge < -0.3 is 13.9 Å². The number of furan rings is 1. The van der Waals surface area contributed by atoms with E-state index in [0.717, 1.165) is 11.6 Å². The Bertz CT molecular complexity index is 977. The van der Waals surface area contributed by atoms with E-state index >= 15 is 0 Å². The van der Waals surface area contributed by atoms with Crippen LogP contribution in [0.2, 0.25) is 0 Å². The van der Waals surface area contributed by atoms with Crippen molar-refractivity contribution < 1.29 is 27.5 Å². The largest absolute Gasteiger partial charge is 0.486 e. The van der Waals surface area contributed by atoms with Crippen LogP contribution in [0.15, 0.2) is 40.8 Å². The third-order valence-corrected chi connectivity index (χ3v) is 4.18. The van der Waals surface area contributed by atoms with Crippen LogP contribution in [-0.2, 0) is 11.4 Å². The summed E-state index contributed by atoms with van der Waals surface area (Å²) in [5, 5.41) is 0.337. The molecule has 0 N–H and O–H groups in total. The van der Waals surface area contributed by atoms with E-state index in [1.54, 1.807) is 12.1 Å². The molecule has 1 aliphatic heterocycles. The molecule has 2 aromatic carbocycles. The van der Waals surface area contributed by atoms with E-state index in [2.05, 4.69) is 0 Å². The number of carbonyl (C=O) groups excluding carboxylic acids is 1. The van der Waals surface area contributed by atoms with Gasteiger partial charge in [-0.2, -0.15) is 0 Å². The van der Waals surface area contributed by atoms with E-state index in [9.17, 15) is 13.6 Å². The molecular formula is C19H14F2O4. The van der Waals surface area contributed by atoms with Crippen LogP contribution in [0.3, 0.4) is 0 Å². The van der Waals surface area contributed by atoms with Crippen molar-refractivity contribution in [2.75, 3.05) is 0 Å². The van der Waals surface area contributed by atoms with Crippen molar-refractivity contribution in [2.45, 2.75) is 25.9 Å². The molecule has 1 aliphatic rings. The number of hydrogen-bond acceptors (Lipinski definition) is 4. The molecule has 4 rings (SSSR count). The van der Waals surface area contributed by atoms with Gasteiger partial charge >= 0.3 is 5.97 Å². The molecule has 0 bridgehead atoms. The van der Waals surface area contributed by atoms with E-state index in [1.807, 2.05) is 13.0 Å². The predicted molar refractivity (Wildman–Crippen MR) is 85.6 cm³/mol. The zero-order valence-electron chi connectivity index (χ0n) is 13.3. The first-order valence-electron chi connectivity index (χ1n) is 7.84. The minimum atomic E-state index is -0.754. The van der Waals surface area contributed by atoms with Crippen LogP contribution >= 0.6 is 0 Å². The standard InChI is InChI=1S/C19H14F2O4/c1-10-4-18(22)25-17-8-13(2-3-15(10)17)23-9-14-6-11-5-12(20)7-16(21)19(11)24-14/h2-3,5-8,10H,4,9H2,1H3. The van der Waals surface area contributed by atoms with Crippen LogP contribution in [0.25, 0.3) is 11.0 Å². The molecule has 25 heavy (non-hydrogen) atoms. The van der Waals surface area contributed by atoms with Gasteiger partial charge in [0.15, 0.2) is 11.4 Å². The van der Waals surface area contributed by atoms with E-state index in [4.69, 9.17) is 13.9 Å². The van der Waals surface area contributed by atoms with Crippen molar-refractivity contribution in [1.29, 1.82) is 0 Å². The topological polar surface area (TPSA) is 48.7 Å². The molecule has 2 heterocycles. The summed E-state index contributed by atoms with van der Waals surface area (Å²) >= 11 is 0. The third kappa shape index (κ3) is 2.95. The van der Waals surface area contributed by atoms with Crippen molar-refractivity contribution in [1.82, 2.24) is 0 Å². The van der Waals surface area contributed by atoms with Crippen molar-refractivity contribution in [3.63, 3.8) is 0 Å². The fraction of sp³-hybridized carbons (Fsp3) is 0.211. The number of ether oxygens (including phenoxy) is 2. The van der Waals surface area contributed by atoms with Gasteiger partial charge in [0.05, 0.1) is 6.42 Å². The molecule has 4 nitrogen and oxygen atoms in total. The Morgan fingerprint density at radius 3 is 2.88 bits per heavy atom. The molecule has 1 atom stereocenters. The highest BCUT2D eigenvalue weighted by atomic mass is 19.1. The Hall–Kier alpha value is -2.89. The van der Waals surface area contributed by atoms with Crippen molar-refractivity contribution in [3.05, 3.63) is 59.4 Å². The maximum absolute atomic E-state index is 13.7. The highest BCUT2D eigenvalue weighted by molar-refractivity contribution is 5.78. The van der Waals surface area contributed by atoms with Gasteiger partial charge in [-0.25, -0.2) is 8.78 Å². The highest BCUT2D eigenvalue weighted by Gasteiger charge is 2.24. The zero-order chi connectivity index (χ0) is 17.6. The van der Waals surface area contributed by atoms with Gasteiger partial charge in [-0.1, -0.05) is 13.0 Å². The quantitative estimate of drug-likeness (QED) is 0.510. The Morgan fingerprint density at radius 2 is 2.04 bits per heavy atom. The first-order chi connectivity index (χ1) is 12.0. The second kappa shape index (κ2) is 5.88. The van der Waals surface area contributed by atoms with Crippen LogP contribution in [0.5, 0.6) is 11.5 Å². The number of hydrogen-bond donors (Lipinski definition) is 0. The molecule has 3 aromatic rings. The van der Waals surface area contributed by atoms with Gasteiger partial charge in [0.25, 0.3) is 0 Å². The number of benzene rings is 2. The molecule has 1 unspecified atom stereocenters. The van der Waals surface area contributed by atoms with Crippen molar-refractivity contribution in [3.8, 4) is 11.5 Å². The van der Waals surface area contributed by atoms with Crippen molar-refractivity contribution >= 4 is 16.9 Å². The minimum Gasteiger partial charge on any atom is -0.486 e. The molecule has 128 valence electrons. The van der Waals surface area contributed by atoms with Crippen LogP contribution in [0.4, 0.5) is 8.78 Å². The fourth-order valence-corrected chi connectivity index (χ4v) is 2.98. The second-order valence-corrected chi connectivity index (χ2v) is 6.09. The Balaban J connectivity index is 1.55. The molecular weight excluding hydrogens is 330 g/mol. The molecule has 0 radical (unpaired) electrons. The summed E-state index contributed by atoms with van der Waals surface area (Å²) < 4.78 is 43.1. The lowest BCUT2D eigenvalue weighted by atomic mass is 9.95. The van der Waals surface area contributed by atoms with Crippen molar-refractivity contribution in [2.24, 2.45) is 0 Å². The molecule has 0 aliphatic carbocycles. The average molecular weight is 344 g/mol. The first-order valence-corrected chi connectivity index (χ1v) is 7.84. The summed E-state index contributed by atoms with van der Waals surface area (Å²) in [6.07, 6.45) is 0.355. The van der Waals surface area contributed by atoms with Crippen LogP contribution in [0, 0.1) is 11.6 Å². The highest BCUT2D eigenvalue weighted by Crippen LogP contribution is 2.36. The summed E-state index contributed by atoms with van der Waals surface area (Å²) in [5.74, 6) is -0.250. The van der Waals surface area contributed by atoms with E-state index in [-0.39, 0.29) is 24.1 Å². The van der Waals surface area contributed by atoms with Crippen LogP contribution < -0.4 is 9.47 Å². The molecule has 0 spiro atoms. The van der Waals surface area contributed by atoms with E-state index in [0.29, 0.717) is 29.1 Å². The second-order valence-electron chi connectivity index (χ2n) is 6.09. The smallest absolute Gasteiger partial charge is 0.311 e. The number of carbonyl (C=O) groups is 1. The van der Waals surface area contributed by atoms with Gasteiger partial charge in [-0.05, 0) is 29.7 Å². The number of esters is 1. The Labute approximate surface area is 142 Å². The molecule has 0 amide bonds. The van der Waals surface area contributed by atoms with Crippen LogP contribution in [-0.4, -0.2) is 5.97 Å². The summed E-state index contributed by atoms with van der Waals surface area (Å²) in [6.45, 7) is 2.00. The normalized spacial score (nSPS) is 16.6. The maximum atomic E-state index is 13.7. The van der Waals surface area contributed by atoms with Gasteiger partial charge in [-0.15, -0.1) is 0 Å². The minimum absolute atomic E-state index is 0.00630. The molecule has 0 fully saturated rings. The maximum Gasteiger partial charge on any atom is 0.311 e. The average Bonchev–Trinajstić information content (AvgIpc) is 2.95. The lowest BCUT2D eigenvalue weighted by Gasteiger charge is -2.21. The summed E-state index contributed by atoms with van der Waals surface area (Å²) in [7, 11) is 0. The van der Waals surface area contributed by atoms with E-state index < -0.39 is 11.6 Å². The third-order valence-electron chi connectivity index (χ3n) is 4.18. The fourth-order valence-electron chi connectivity index (χ4n) is 2.98. The Morgan fingerprint density at radius 1 is 1.20 bits per heavy atom. The van der Waals surface area contributed by atoms with Gasteiger partial charge in [0, 0.05) is 17.5 Å².